The molecule has 21 heavy (non-hydrogen) atoms. The molecule has 114 valence electrons. The van der Waals surface area contributed by atoms with Gasteiger partial charge in [-0.25, -0.2) is 4.79 Å². The number of carbonyl (C=O) groups is 2. The molecule has 3 heterocycles. The van der Waals surface area contributed by atoms with Crippen molar-refractivity contribution >= 4 is 23.2 Å². The second-order valence-electron chi connectivity index (χ2n) is 6.01. The number of carbonyl (C=O) groups excluding carboxylic acids is 1. The molecule has 2 unspecified atom stereocenters. The van der Waals surface area contributed by atoms with E-state index >= 15 is 0 Å². The SMILES string of the molecule is CN1C2CCCC1CC(NC(=O)c1ccc(C(=O)O)s1)C2. The fourth-order valence-electron chi connectivity index (χ4n) is 3.57. The summed E-state index contributed by atoms with van der Waals surface area (Å²) in [4.78, 5) is 26.3. The number of hydrogen-bond donors (Lipinski definition) is 2. The quantitative estimate of drug-likeness (QED) is 0.898. The monoisotopic (exact) mass is 308 g/mol. The summed E-state index contributed by atoms with van der Waals surface area (Å²) in [5.74, 6) is -1.12. The van der Waals surface area contributed by atoms with Crippen LogP contribution in [-0.4, -0.2) is 47.1 Å². The van der Waals surface area contributed by atoms with Crippen molar-refractivity contribution in [2.45, 2.75) is 50.2 Å². The van der Waals surface area contributed by atoms with Crippen LogP contribution in [0.2, 0.25) is 0 Å². The van der Waals surface area contributed by atoms with E-state index in [9.17, 15) is 9.59 Å². The molecule has 0 aromatic carbocycles. The summed E-state index contributed by atoms with van der Waals surface area (Å²) >= 11 is 1.04. The molecule has 0 aliphatic carbocycles. The summed E-state index contributed by atoms with van der Waals surface area (Å²) < 4.78 is 0. The molecule has 0 spiro atoms. The number of hydrogen-bond acceptors (Lipinski definition) is 4. The lowest BCUT2D eigenvalue weighted by Gasteiger charge is -2.47. The van der Waals surface area contributed by atoms with E-state index in [0.717, 1.165) is 24.2 Å². The van der Waals surface area contributed by atoms with Gasteiger partial charge in [-0.3, -0.25) is 4.79 Å². The van der Waals surface area contributed by atoms with E-state index in [0.29, 0.717) is 17.0 Å². The summed E-state index contributed by atoms with van der Waals surface area (Å²) in [6.07, 6.45) is 5.70. The standard InChI is InChI=1S/C15H20N2O3S/c1-17-10-3-2-4-11(17)8-9(7-10)16-14(18)12-5-6-13(21-12)15(19)20/h5-6,9-11H,2-4,7-8H2,1H3,(H,16,18)(H,19,20). The lowest BCUT2D eigenvalue weighted by atomic mass is 9.82. The molecular formula is C15H20N2O3S. The number of nitrogens with zero attached hydrogens (tertiary/aromatic N) is 1. The van der Waals surface area contributed by atoms with Crippen molar-refractivity contribution in [1.29, 1.82) is 0 Å². The highest BCUT2D eigenvalue weighted by Gasteiger charge is 2.36. The van der Waals surface area contributed by atoms with Gasteiger partial charge in [0, 0.05) is 18.1 Å². The minimum absolute atomic E-state index is 0.139. The first kappa shape index (κ1) is 14.5. The van der Waals surface area contributed by atoms with Crippen molar-refractivity contribution in [3.05, 3.63) is 21.9 Å². The van der Waals surface area contributed by atoms with Crippen LogP contribution in [-0.2, 0) is 0 Å². The Morgan fingerprint density at radius 3 is 2.43 bits per heavy atom. The van der Waals surface area contributed by atoms with Gasteiger partial charge in [-0.1, -0.05) is 6.42 Å². The Morgan fingerprint density at radius 2 is 1.86 bits per heavy atom. The second-order valence-corrected chi connectivity index (χ2v) is 7.10. The van der Waals surface area contributed by atoms with Gasteiger partial charge in [0.1, 0.15) is 4.88 Å². The minimum atomic E-state index is -0.979. The van der Waals surface area contributed by atoms with Crippen molar-refractivity contribution < 1.29 is 14.7 Å². The van der Waals surface area contributed by atoms with Gasteiger partial charge in [0.25, 0.3) is 5.91 Å². The molecule has 0 radical (unpaired) electrons. The topological polar surface area (TPSA) is 69.6 Å². The van der Waals surface area contributed by atoms with Gasteiger partial charge in [-0.15, -0.1) is 11.3 Å². The molecule has 2 atom stereocenters. The number of thiophene rings is 1. The van der Waals surface area contributed by atoms with Crippen LogP contribution in [0.25, 0.3) is 0 Å². The Kier molecular flexibility index (Phi) is 3.99. The molecule has 2 aliphatic rings. The molecule has 2 aliphatic heterocycles. The highest BCUT2D eigenvalue weighted by Crippen LogP contribution is 2.32. The van der Waals surface area contributed by atoms with Gasteiger partial charge in [0.15, 0.2) is 0 Å². The molecule has 2 bridgehead atoms. The van der Waals surface area contributed by atoms with Crippen LogP contribution in [0.15, 0.2) is 12.1 Å². The van der Waals surface area contributed by atoms with Crippen LogP contribution < -0.4 is 5.32 Å². The molecular weight excluding hydrogens is 288 g/mol. The number of fused-ring (bicyclic) bond motifs is 2. The number of aromatic carboxylic acids is 1. The summed E-state index contributed by atoms with van der Waals surface area (Å²) in [5, 5.41) is 12.0. The smallest absolute Gasteiger partial charge is 0.345 e. The van der Waals surface area contributed by atoms with E-state index in [1.165, 1.54) is 25.3 Å². The van der Waals surface area contributed by atoms with Gasteiger partial charge >= 0.3 is 5.97 Å². The molecule has 1 aromatic heterocycles. The first-order valence-corrected chi connectivity index (χ1v) is 8.22. The number of nitrogens with one attached hydrogen (secondary N) is 1. The fraction of sp³-hybridized carbons (Fsp3) is 0.600. The van der Waals surface area contributed by atoms with Crippen LogP contribution in [0.3, 0.4) is 0 Å². The summed E-state index contributed by atoms with van der Waals surface area (Å²) in [5.41, 5.74) is 0. The average Bonchev–Trinajstić information content (AvgIpc) is 2.90. The van der Waals surface area contributed by atoms with Crippen molar-refractivity contribution in [1.82, 2.24) is 10.2 Å². The lowest BCUT2D eigenvalue weighted by molar-refractivity contribution is 0.0464. The van der Waals surface area contributed by atoms with Gasteiger partial charge in [-0.2, -0.15) is 0 Å². The molecule has 5 nitrogen and oxygen atoms in total. The van der Waals surface area contributed by atoms with E-state index in [-0.39, 0.29) is 16.8 Å². The van der Waals surface area contributed by atoms with Gasteiger partial charge in [0.2, 0.25) is 0 Å². The van der Waals surface area contributed by atoms with Crippen molar-refractivity contribution in [3.8, 4) is 0 Å². The summed E-state index contributed by atoms with van der Waals surface area (Å²) in [6, 6.07) is 4.44. The average molecular weight is 308 g/mol. The minimum Gasteiger partial charge on any atom is -0.477 e. The Bertz CT molecular complexity index is 543. The zero-order chi connectivity index (χ0) is 15.0. The zero-order valence-electron chi connectivity index (χ0n) is 12.0. The predicted molar refractivity (Wildman–Crippen MR) is 81.0 cm³/mol. The molecule has 3 rings (SSSR count). The maximum Gasteiger partial charge on any atom is 0.345 e. The fourth-order valence-corrected chi connectivity index (χ4v) is 4.31. The lowest BCUT2D eigenvalue weighted by Crippen LogP contribution is -2.55. The molecule has 0 saturated carbocycles. The van der Waals surface area contributed by atoms with Crippen molar-refractivity contribution in [3.63, 3.8) is 0 Å². The maximum absolute atomic E-state index is 12.2. The molecule has 2 fully saturated rings. The van der Waals surface area contributed by atoms with Gasteiger partial charge < -0.3 is 15.3 Å². The van der Waals surface area contributed by atoms with Gasteiger partial charge in [0.05, 0.1) is 4.88 Å². The van der Waals surface area contributed by atoms with Crippen LogP contribution in [0.1, 0.15) is 51.4 Å². The third-order valence-corrected chi connectivity index (χ3v) is 5.79. The van der Waals surface area contributed by atoms with Crippen molar-refractivity contribution in [2.75, 3.05) is 7.05 Å². The first-order valence-electron chi connectivity index (χ1n) is 7.40. The van der Waals surface area contributed by atoms with Crippen LogP contribution in [0, 0.1) is 0 Å². The first-order chi connectivity index (χ1) is 10.0. The molecule has 2 N–H and O–H groups in total. The molecule has 1 aromatic rings. The number of carboxylic acid groups (broad SMARTS) is 1. The van der Waals surface area contributed by atoms with Crippen LogP contribution in [0.4, 0.5) is 0 Å². The highest BCUT2D eigenvalue weighted by atomic mass is 32.1. The number of carboxylic acids is 1. The Labute approximate surface area is 128 Å². The van der Waals surface area contributed by atoms with E-state index in [4.69, 9.17) is 5.11 Å². The Morgan fingerprint density at radius 1 is 1.24 bits per heavy atom. The molecule has 1 amide bonds. The third kappa shape index (κ3) is 2.96. The van der Waals surface area contributed by atoms with E-state index in [1.54, 1.807) is 6.07 Å². The maximum atomic E-state index is 12.2. The third-order valence-electron chi connectivity index (χ3n) is 4.72. The van der Waals surface area contributed by atoms with E-state index in [1.807, 2.05) is 0 Å². The molecule has 2 saturated heterocycles. The number of rotatable bonds is 3. The van der Waals surface area contributed by atoms with Crippen LogP contribution >= 0.6 is 11.3 Å². The Hall–Kier alpha value is -1.40. The number of piperidine rings is 2. The molecule has 6 heteroatoms. The van der Waals surface area contributed by atoms with Crippen LogP contribution in [0.5, 0.6) is 0 Å². The zero-order valence-corrected chi connectivity index (χ0v) is 12.9. The summed E-state index contributed by atoms with van der Waals surface area (Å²) in [7, 11) is 2.19. The normalized spacial score (nSPS) is 29.1. The number of amides is 1. The van der Waals surface area contributed by atoms with E-state index in [2.05, 4.69) is 17.3 Å². The predicted octanol–water partition coefficient (Wildman–Crippen LogP) is 2.19. The second kappa shape index (κ2) is 5.77. The van der Waals surface area contributed by atoms with Gasteiger partial charge in [-0.05, 0) is 44.9 Å². The Balaban J connectivity index is 1.63. The largest absolute Gasteiger partial charge is 0.477 e. The van der Waals surface area contributed by atoms with E-state index < -0.39 is 5.97 Å². The van der Waals surface area contributed by atoms with Crippen molar-refractivity contribution in [2.24, 2.45) is 0 Å². The summed E-state index contributed by atoms with van der Waals surface area (Å²) in [6.45, 7) is 0. The highest BCUT2D eigenvalue weighted by molar-refractivity contribution is 7.15.